The van der Waals surface area contributed by atoms with Gasteiger partial charge in [-0.2, -0.15) is 0 Å². The van der Waals surface area contributed by atoms with Gasteiger partial charge in [0.15, 0.2) is 6.29 Å². The van der Waals surface area contributed by atoms with E-state index in [0.717, 1.165) is 10.6 Å². The summed E-state index contributed by atoms with van der Waals surface area (Å²) in [5.41, 5.74) is 0.454. The van der Waals surface area contributed by atoms with Crippen LogP contribution in [0.4, 0.5) is 0 Å². The number of benzene rings is 1. The average molecular weight is 194 g/mol. The van der Waals surface area contributed by atoms with Crippen molar-refractivity contribution in [3.05, 3.63) is 29.8 Å². The van der Waals surface area contributed by atoms with E-state index in [1.165, 1.54) is 0 Å². The molecule has 0 fully saturated rings. The van der Waals surface area contributed by atoms with Crippen molar-refractivity contribution < 1.29 is 9.59 Å². The van der Waals surface area contributed by atoms with Crippen LogP contribution in [0.15, 0.2) is 29.2 Å². The maximum atomic E-state index is 10.9. The summed E-state index contributed by atoms with van der Waals surface area (Å²) < 4.78 is 0. The number of rotatable bonds is 4. The van der Waals surface area contributed by atoms with E-state index in [-0.39, 0.29) is 0 Å². The largest absolute Gasteiger partial charge is 0.294 e. The summed E-state index contributed by atoms with van der Waals surface area (Å²) in [6.07, 6.45) is 0.335. The summed E-state index contributed by atoms with van der Waals surface area (Å²) >= 11 is 1.70. The third-order valence-corrected chi connectivity index (χ3v) is 2.45. The number of aldehydes is 1. The van der Waals surface area contributed by atoms with Crippen molar-refractivity contribution in [2.75, 3.05) is 5.75 Å². The van der Waals surface area contributed by atoms with Gasteiger partial charge >= 0.3 is 0 Å². The highest BCUT2D eigenvalue weighted by molar-refractivity contribution is 7.99. The van der Waals surface area contributed by atoms with Crippen LogP contribution in [0.2, 0.25) is 0 Å². The van der Waals surface area contributed by atoms with Crippen LogP contribution in [0, 0.1) is 0 Å². The predicted octanol–water partition coefficient (Wildman–Crippen LogP) is 2.18. The van der Waals surface area contributed by atoms with E-state index < -0.39 is 5.78 Å². The molecule has 0 heterocycles. The number of carbonyl (C=O) groups is 2. The van der Waals surface area contributed by atoms with Crippen LogP contribution in [-0.4, -0.2) is 17.8 Å². The van der Waals surface area contributed by atoms with Crippen LogP contribution in [-0.2, 0) is 4.79 Å². The van der Waals surface area contributed by atoms with Crippen molar-refractivity contribution >= 4 is 23.8 Å². The lowest BCUT2D eigenvalue weighted by Gasteiger charge is -1.98. The molecule has 1 rings (SSSR count). The van der Waals surface area contributed by atoms with Gasteiger partial charge in [0.1, 0.15) is 0 Å². The smallest absolute Gasteiger partial charge is 0.225 e. The zero-order chi connectivity index (χ0) is 9.68. The molecule has 0 spiro atoms. The fourth-order valence-electron chi connectivity index (χ4n) is 0.950. The molecule has 1 aromatic carbocycles. The van der Waals surface area contributed by atoms with Gasteiger partial charge in [0.2, 0.25) is 5.78 Å². The van der Waals surface area contributed by atoms with E-state index >= 15 is 0 Å². The molecule has 0 saturated carbocycles. The van der Waals surface area contributed by atoms with Gasteiger partial charge in [0.25, 0.3) is 0 Å². The van der Waals surface area contributed by atoms with Crippen molar-refractivity contribution in [2.24, 2.45) is 0 Å². The molecule has 0 unspecified atom stereocenters. The molecule has 0 aliphatic rings. The molecule has 68 valence electrons. The second-order valence-corrected chi connectivity index (χ2v) is 3.78. The highest BCUT2D eigenvalue weighted by Crippen LogP contribution is 2.17. The number of carbonyl (C=O) groups excluding carboxylic acids is 2. The lowest BCUT2D eigenvalue weighted by molar-refractivity contribution is -0.104. The van der Waals surface area contributed by atoms with Gasteiger partial charge < -0.3 is 0 Å². The van der Waals surface area contributed by atoms with E-state index in [4.69, 9.17) is 0 Å². The van der Waals surface area contributed by atoms with Gasteiger partial charge in [-0.3, -0.25) is 9.59 Å². The van der Waals surface area contributed by atoms with Crippen LogP contribution < -0.4 is 0 Å². The second-order valence-electron chi connectivity index (χ2n) is 2.44. The fourth-order valence-corrected chi connectivity index (χ4v) is 1.61. The quantitative estimate of drug-likeness (QED) is 0.319. The molecular formula is C10H10O2S. The van der Waals surface area contributed by atoms with Crippen molar-refractivity contribution in [2.45, 2.75) is 11.8 Å². The van der Waals surface area contributed by atoms with Crippen molar-refractivity contribution in [1.82, 2.24) is 0 Å². The van der Waals surface area contributed by atoms with E-state index in [9.17, 15) is 9.59 Å². The Hall–Kier alpha value is -1.09. The van der Waals surface area contributed by atoms with E-state index in [2.05, 4.69) is 6.92 Å². The molecule has 13 heavy (non-hydrogen) atoms. The molecule has 0 bridgehead atoms. The first kappa shape index (κ1) is 9.99. The van der Waals surface area contributed by atoms with Crippen molar-refractivity contribution in [3.63, 3.8) is 0 Å². The third-order valence-electron chi connectivity index (χ3n) is 1.56. The Bertz CT molecular complexity index is 303. The molecule has 0 radical (unpaired) electrons. The molecular weight excluding hydrogens is 184 g/mol. The molecule has 0 amide bonds. The first-order valence-corrected chi connectivity index (χ1v) is 4.99. The Kier molecular flexibility index (Phi) is 3.71. The van der Waals surface area contributed by atoms with Gasteiger partial charge in [-0.1, -0.05) is 6.92 Å². The Balaban J connectivity index is 2.80. The maximum Gasteiger partial charge on any atom is 0.225 e. The minimum atomic E-state index is -0.465. The lowest BCUT2D eigenvalue weighted by atomic mass is 10.1. The summed E-state index contributed by atoms with van der Waals surface area (Å²) in [5.74, 6) is 0.536. The van der Waals surface area contributed by atoms with E-state index in [1.807, 2.05) is 12.1 Å². The minimum Gasteiger partial charge on any atom is -0.294 e. The highest BCUT2D eigenvalue weighted by atomic mass is 32.2. The van der Waals surface area contributed by atoms with Crippen LogP contribution in [0.25, 0.3) is 0 Å². The number of Topliss-reactive ketones (excluding diaryl/α,β-unsaturated/α-hetero) is 1. The first-order valence-electron chi connectivity index (χ1n) is 4.00. The van der Waals surface area contributed by atoms with Gasteiger partial charge in [-0.25, -0.2) is 0 Å². The number of hydrogen-bond donors (Lipinski definition) is 0. The summed E-state index contributed by atoms with van der Waals surface area (Å²) in [5, 5.41) is 0. The Morgan fingerprint density at radius 1 is 1.38 bits per heavy atom. The average Bonchev–Trinajstić information content (AvgIpc) is 2.18. The summed E-state index contributed by atoms with van der Waals surface area (Å²) in [4.78, 5) is 22.2. The molecule has 0 aliphatic carbocycles. The molecule has 0 atom stereocenters. The molecule has 0 aliphatic heterocycles. The van der Waals surface area contributed by atoms with E-state index in [0.29, 0.717) is 11.8 Å². The minimum absolute atomic E-state index is 0.335. The molecule has 0 aromatic heterocycles. The maximum absolute atomic E-state index is 10.9. The van der Waals surface area contributed by atoms with Crippen LogP contribution in [0.1, 0.15) is 17.3 Å². The van der Waals surface area contributed by atoms with Gasteiger partial charge in [-0.05, 0) is 30.0 Å². The molecule has 2 nitrogen and oxygen atoms in total. The normalized spacial score (nSPS) is 9.62. The number of hydrogen-bond acceptors (Lipinski definition) is 3. The van der Waals surface area contributed by atoms with Crippen molar-refractivity contribution in [3.8, 4) is 0 Å². The van der Waals surface area contributed by atoms with E-state index in [1.54, 1.807) is 23.9 Å². The predicted molar refractivity (Wildman–Crippen MR) is 53.2 cm³/mol. The first-order chi connectivity index (χ1) is 6.27. The van der Waals surface area contributed by atoms with Gasteiger partial charge in [0, 0.05) is 10.5 Å². The van der Waals surface area contributed by atoms with Crippen LogP contribution in [0.3, 0.4) is 0 Å². The van der Waals surface area contributed by atoms with Crippen LogP contribution in [0.5, 0.6) is 0 Å². The summed E-state index contributed by atoms with van der Waals surface area (Å²) in [6.45, 7) is 2.06. The monoisotopic (exact) mass is 194 g/mol. The standard InChI is InChI=1S/C10H10O2S/c1-2-13-9-5-3-8(4-6-9)10(12)7-11/h3-7H,2H2,1H3. The SMILES string of the molecule is CCSc1ccc(C(=O)C=O)cc1. The van der Waals surface area contributed by atoms with Gasteiger partial charge in [-0.15, -0.1) is 11.8 Å². The number of ketones is 1. The Morgan fingerprint density at radius 2 is 2.00 bits per heavy atom. The molecule has 0 N–H and O–H groups in total. The topological polar surface area (TPSA) is 34.1 Å². The lowest BCUT2D eigenvalue weighted by Crippen LogP contribution is -1.98. The summed E-state index contributed by atoms with van der Waals surface area (Å²) in [7, 11) is 0. The van der Waals surface area contributed by atoms with Crippen molar-refractivity contribution in [1.29, 1.82) is 0 Å². The second kappa shape index (κ2) is 4.82. The highest BCUT2D eigenvalue weighted by Gasteiger charge is 2.02. The number of thioether (sulfide) groups is 1. The Morgan fingerprint density at radius 3 is 2.46 bits per heavy atom. The molecule has 3 heteroatoms. The zero-order valence-electron chi connectivity index (χ0n) is 7.32. The zero-order valence-corrected chi connectivity index (χ0v) is 8.14. The molecule has 1 aromatic rings. The Labute approximate surface area is 81.3 Å². The summed E-state index contributed by atoms with van der Waals surface area (Å²) in [6, 6.07) is 7.05. The van der Waals surface area contributed by atoms with Crippen LogP contribution >= 0.6 is 11.8 Å². The van der Waals surface area contributed by atoms with Gasteiger partial charge in [0.05, 0.1) is 0 Å². The third kappa shape index (κ3) is 2.70. The fraction of sp³-hybridized carbons (Fsp3) is 0.200. The molecule has 0 saturated heterocycles.